The summed E-state index contributed by atoms with van der Waals surface area (Å²) >= 11 is 0. The highest BCUT2D eigenvalue weighted by atomic mass is 16.5. The molecule has 0 spiro atoms. The second kappa shape index (κ2) is 6.61. The Morgan fingerprint density at radius 1 is 1.17 bits per heavy atom. The van der Waals surface area contributed by atoms with Crippen molar-refractivity contribution >= 4 is 16.9 Å². The molecule has 1 unspecified atom stereocenters. The monoisotopic (exact) mass is 322 g/mol. The second-order valence-corrected chi connectivity index (χ2v) is 6.42. The molecule has 124 valence electrons. The molecule has 1 aromatic carbocycles. The summed E-state index contributed by atoms with van der Waals surface area (Å²) in [6, 6.07) is 12.8. The zero-order chi connectivity index (χ0) is 16.4. The fourth-order valence-corrected chi connectivity index (χ4v) is 3.38. The molecule has 1 saturated heterocycles. The number of anilines is 1. The van der Waals surface area contributed by atoms with Crippen molar-refractivity contribution in [3.63, 3.8) is 0 Å². The first kappa shape index (κ1) is 15.1. The maximum atomic E-state index is 5.46. The molecule has 0 bridgehead atoms. The van der Waals surface area contributed by atoms with Gasteiger partial charge in [0, 0.05) is 24.9 Å². The van der Waals surface area contributed by atoms with Gasteiger partial charge in [-0.1, -0.05) is 30.3 Å². The Hall–Kier alpha value is -2.40. The van der Waals surface area contributed by atoms with Crippen LogP contribution in [0, 0.1) is 5.92 Å². The summed E-state index contributed by atoms with van der Waals surface area (Å²) in [7, 11) is 0. The van der Waals surface area contributed by atoms with E-state index in [0.29, 0.717) is 12.0 Å². The van der Waals surface area contributed by atoms with Crippen LogP contribution in [-0.4, -0.2) is 34.2 Å². The molecule has 3 heterocycles. The minimum Gasteiger partial charge on any atom is -0.381 e. The van der Waals surface area contributed by atoms with Crippen LogP contribution in [0.3, 0.4) is 0 Å². The number of hydrogen-bond donors (Lipinski definition) is 2. The Morgan fingerprint density at radius 3 is 2.75 bits per heavy atom. The maximum absolute atomic E-state index is 5.46. The first-order chi connectivity index (χ1) is 11.8. The molecule has 1 aliphatic heterocycles. The predicted molar refractivity (Wildman–Crippen MR) is 96.0 cm³/mol. The molecule has 5 nitrogen and oxygen atoms in total. The van der Waals surface area contributed by atoms with E-state index in [9.17, 15) is 0 Å². The molecular formula is C19H22N4O. The van der Waals surface area contributed by atoms with Gasteiger partial charge in [-0.05, 0) is 37.3 Å². The number of rotatable bonds is 4. The van der Waals surface area contributed by atoms with Gasteiger partial charge in [0.15, 0.2) is 0 Å². The quantitative estimate of drug-likeness (QED) is 0.766. The van der Waals surface area contributed by atoms with Crippen molar-refractivity contribution in [3.05, 3.63) is 42.7 Å². The lowest BCUT2D eigenvalue weighted by molar-refractivity contribution is 0.0622. The minimum atomic E-state index is 0.363. The van der Waals surface area contributed by atoms with Gasteiger partial charge >= 0.3 is 0 Å². The van der Waals surface area contributed by atoms with E-state index in [2.05, 4.69) is 45.4 Å². The molecule has 0 amide bonds. The van der Waals surface area contributed by atoms with Crippen LogP contribution in [0.2, 0.25) is 0 Å². The Balaban J connectivity index is 1.62. The van der Waals surface area contributed by atoms with Gasteiger partial charge in [0.05, 0.1) is 5.39 Å². The molecule has 1 aliphatic rings. The number of ether oxygens (including phenoxy) is 1. The van der Waals surface area contributed by atoms with E-state index in [1.165, 1.54) is 0 Å². The number of benzene rings is 1. The van der Waals surface area contributed by atoms with Gasteiger partial charge in [0.25, 0.3) is 0 Å². The molecule has 2 N–H and O–H groups in total. The molecule has 0 aliphatic carbocycles. The summed E-state index contributed by atoms with van der Waals surface area (Å²) in [6.45, 7) is 3.95. The summed E-state index contributed by atoms with van der Waals surface area (Å²) in [5.74, 6) is 1.52. The fraction of sp³-hybridized carbons (Fsp3) is 0.368. The lowest BCUT2D eigenvalue weighted by Gasteiger charge is -2.28. The highest BCUT2D eigenvalue weighted by molar-refractivity contribution is 5.91. The van der Waals surface area contributed by atoms with Gasteiger partial charge in [-0.2, -0.15) is 0 Å². The summed E-state index contributed by atoms with van der Waals surface area (Å²) in [4.78, 5) is 12.3. The molecular weight excluding hydrogens is 300 g/mol. The summed E-state index contributed by atoms with van der Waals surface area (Å²) in [5.41, 5.74) is 3.08. The molecule has 5 heteroatoms. The third-order valence-electron chi connectivity index (χ3n) is 4.85. The molecule has 1 atom stereocenters. The van der Waals surface area contributed by atoms with Crippen LogP contribution in [0.4, 0.5) is 5.82 Å². The summed E-state index contributed by atoms with van der Waals surface area (Å²) < 4.78 is 5.46. The maximum Gasteiger partial charge on any atom is 0.143 e. The van der Waals surface area contributed by atoms with Crippen LogP contribution in [0.25, 0.3) is 22.3 Å². The van der Waals surface area contributed by atoms with Crippen LogP contribution in [0.5, 0.6) is 0 Å². The average Bonchev–Trinajstić information content (AvgIpc) is 3.08. The Kier molecular flexibility index (Phi) is 4.17. The lowest BCUT2D eigenvalue weighted by atomic mass is 9.93. The molecule has 0 saturated carbocycles. The van der Waals surface area contributed by atoms with E-state index in [0.717, 1.165) is 54.2 Å². The highest BCUT2D eigenvalue weighted by Gasteiger charge is 2.21. The largest absolute Gasteiger partial charge is 0.381 e. The van der Waals surface area contributed by atoms with E-state index in [1.807, 2.05) is 18.2 Å². The predicted octanol–water partition coefficient (Wildman–Crippen LogP) is 3.85. The van der Waals surface area contributed by atoms with E-state index >= 15 is 0 Å². The normalized spacial score (nSPS) is 17.0. The van der Waals surface area contributed by atoms with Crippen molar-refractivity contribution in [2.75, 3.05) is 18.5 Å². The number of fused-ring (bicyclic) bond motifs is 1. The lowest BCUT2D eigenvalue weighted by Crippen LogP contribution is -2.31. The van der Waals surface area contributed by atoms with Crippen molar-refractivity contribution in [2.45, 2.75) is 25.8 Å². The van der Waals surface area contributed by atoms with Gasteiger partial charge in [-0.15, -0.1) is 0 Å². The Morgan fingerprint density at radius 2 is 1.96 bits per heavy atom. The minimum absolute atomic E-state index is 0.363. The van der Waals surface area contributed by atoms with Crippen LogP contribution in [0.15, 0.2) is 42.7 Å². The van der Waals surface area contributed by atoms with Gasteiger partial charge in [-0.25, -0.2) is 9.97 Å². The Bertz CT molecular complexity index is 809. The number of nitrogens with one attached hydrogen (secondary N) is 2. The van der Waals surface area contributed by atoms with Crippen LogP contribution in [0.1, 0.15) is 19.8 Å². The SMILES string of the molecule is CC(Nc1ncnc2[nH]c(-c3ccccc3)cc12)C1CCOCC1. The molecule has 24 heavy (non-hydrogen) atoms. The standard InChI is InChI=1S/C19H22N4O/c1-13(14-7-9-24-10-8-14)22-18-16-11-17(15-5-3-2-4-6-15)23-19(16)21-12-20-18/h2-6,11-14H,7-10H2,1H3,(H2,20,21,22,23). The van der Waals surface area contributed by atoms with E-state index in [4.69, 9.17) is 4.74 Å². The number of H-pyrrole nitrogens is 1. The van der Waals surface area contributed by atoms with Gasteiger partial charge in [0.2, 0.25) is 0 Å². The first-order valence-electron chi connectivity index (χ1n) is 8.54. The number of aromatic amines is 1. The third kappa shape index (κ3) is 2.99. The van der Waals surface area contributed by atoms with Crippen molar-refractivity contribution in [3.8, 4) is 11.3 Å². The molecule has 1 fully saturated rings. The number of aromatic nitrogens is 3. The van der Waals surface area contributed by atoms with Crippen LogP contribution in [-0.2, 0) is 4.74 Å². The smallest absolute Gasteiger partial charge is 0.143 e. The first-order valence-corrected chi connectivity index (χ1v) is 8.54. The van der Waals surface area contributed by atoms with Crippen molar-refractivity contribution < 1.29 is 4.74 Å². The number of nitrogens with zero attached hydrogens (tertiary/aromatic N) is 2. The molecule has 4 rings (SSSR count). The zero-order valence-electron chi connectivity index (χ0n) is 13.8. The zero-order valence-corrected chi connectivity index (χ0v) is 13.8. The van der Waals surface area contributed by atoms with Crippen LogP contribution >= 0.6 is 0 Å². The van der Waals surface area contributed by atoms with Gasteiger partial charge in [-0.3, -0.25) is 0 Å². The molecule has 0 radical (unpaired) electrons. The van der Waals surface area contributed by atoms with Crippen molar-refractivity contribution in [1.29, 1.82) is 0 Å². The molecule has 3 aromatic rings. The van der Waals surface area contributed by atoms with E-state index in [-0.39, 0.29) is 0 Å². The van der Waals surface area contributed by atoms with E-state index in [1.54, 1.807) is 6.33 Å². The second-order valence-electron chi connectivity index (χ2n) is 6.42. The Labute approximate surface area is 141 Å². The van der Waals surface area contributed by atoms with Crippen molar-refractivity contribution in [2.24, 2.45) is 5.92 Å². The topological polar surface area (TPSA) is 62.8 Å². The van der Waals surface area contributed by atoms with Crippen LogP contribution < -0.4 is 5.32 Å². The number of hydrogen-bond acceptors (Lipinski definition) is 4. The average molecular weight is 322 g/mol. The summed E-state index contributed by atoms with van der Waals surface area (Å²) in [5, 5.41) is 4.63. The van der Waals surface area contributed by atoms with Crippen molar-refractivity contribution in [1.82, 2.24) is 15.0 Å². The molecule has 2 aromatic heterocycles. The fourth-order valence-electron chi connectivity index (χ4n) is 3.38. The van der Waals surface area contributed by atoms with Gasteiger partial charge < -0.3 is 15.0 Å². The third-order valence-corrected chi connectivity index (χ3v) is 4.85. The van der Waals surface area contributed by atoms with Gasteiger partial charge in [0.1, 0.15) is 17.8 Å². The van der Waals surface area contributed by atoms with E-state index < -0.39 is 0 Å². The highest BCUT2D eigenvalue weighted by Crippen LogP contribution is 2.28. The summed E-state index contributed by atoms with van der Waals surface area (Å²) in [6.07, 6.45) is 3.82.